The second-order valence-electron chi connectivity index (χ2n) is 7.33. The van der Waals surface area contributed by atoms with Gasteiger partial charge in [0.05, 0.1) is 17.4 Å². The van der Waals surface area contributed by atoms with Gasteiger partial charge in [-0.25, -0.2) is 9.48 Å². The number of tetrazole rings is 1. The fourth-order valence-electron chi connectivity index (χ4n) is 3.68. The lowest BCUT2D eigenvalue weighted by Crippen LogP contribution is -2.18. The highest BCUT2D eigenvalue weighted by Crippen LogP contribution is 2.21. The Bertz CT molecular complexity index is 1030. The summed E-state index contributed by atoms with van der Waals surface area (Å²) in [6.07, 6.45) is 3.75. The van der Waals surface area contributed by atoms with E-state index in [-0.39, 0.29) is 18.5 Å². The van der Waals surface area contributed by atoms with Crippen LogP contribution in [-0.4, -0.2) is 55.8 Å². The molecule has 0 unspecified atom stereocenters. The van der Waals surface area contributed by atoms with Gasteiger partial charge in [-0.1, -0.05) is 0 Å². The van der Waals surface area contributed by atoms with Gasteiger partial charge in [0.1, 0.15) is 6.33 Å². The van der Waals surface area contributed by atoms with E-state index in [4.69, 9.17) is 9.47 Å². The maximum absolute atomic E-state index is 12.7. The number of ketones is 1. The zero-order valence-electron chi connectivity index (χ0n) is 16.9. The molecule has 9 heteroatoms. The van der Waals surface area contributed by atoms with Crippen molar-refractivity contribution < 1.29 is 19.1 Å². The summed E-state index contributed by atoms with van der Waals surface area (Å²) in [7, 11) is 0. The number of rotatable bonds is 7. The molecule has 9 nitrogen and oxygen atoms in total. The van der Waals surface area contributed by atoms with Crippen LogP contribution in [0, 0.1) is 13.8 Å². The molecule has 0 saturated carbocycles. The monoisotopic (exact) mass is 409 g/mol. The summed E-state index contributed by atoms with van der Waals surface area (Å²) < 4.78 is 14.5. The maximum atomic E-state index is 12.7. The van der Waals surface area contributed by atoms with Gasteiger partial charge in [0.2, 0.25) is 5.78 Å². The lowest BCUT2D eigenvalue weighted by molar-refractivity contribution is 0.0474. The van der Waals surface area contributed by atoms with Crippen LogP contribution in [0.5, 0.6) is 0 Å². The summed E-state index contributed by atoms with van der Waals surface area (Å²) in [4.78, 5) is 25.0. The van der Waals surface area contributed by atoms with E-state index in [2.05, 4.69) is 20.1 Å². The first-order valence-electron chi connectivity index (χ1n) is 9.85. The van der Waals surface area contributed by atoms with Gasteiger partial charge in [-0.15, -0.1) is 5.10 Å². The summed E-state index contributed by atoms with van der Waals surface area (Å²) in [6.45, 7) is 5.10. The number of Topliss-reactive ketones (excluding diaryl/α,β-unsaturated/α-hetero) is 1. The third-order valence-electron chi connectivity index (χ3n) is 5.34. The molecule has 30 heavy (non-hydrogen) atoms. The summed E-state index contributed by atoms with van der Waals surface area (Å²) >= 11 is 0. The Kier molecular flexibility index (Phi) is 5.71. The molecule has 1 aromatic carbocycles. The van der Waals surface area contributed by atoms with Crippen molar-refractivity contribution in [3.63, 3.8) is 0 Å². The van der Waals surface area contributed by atoms with Crippen LogP contribution in [0.3, 0.4) is 0 Å². The molecular formula is C21H23N5O4. The van der Waals surface area contributed by atoms with Crippen LogP contribution in [0.4, 0.5) is 0 Å². The summed E-state index contributed by atoms with van der Waals surface area (Å²) in [5, 5.41) is 10.9. The minimum atomic E-state index is -0.556. The lowest BCUT2D eigenvalue weighted by atomic mass is 10.1. The lowest BCUT2D eigenvalue weighted by Gasteiger charge is -2.14. The molecule has 4 rings (SSSR count). The molecule has 1 aliphatic rings. The topological polar surface area (TPSA) is 101 Å². The largest absolute Gasteiger partial charge is 0.454 e. The third-order valence-corrected chi connectivity index (χ3v) is 5.34. The predicted octanol–water partition coefficient (Wildman–Crippen LogP) is 2.30. The molecule has 2 aromatic heterocycles. The Morgan fingerprint density at radius 2 is 2.03 bits per heavy atom. The van der Waals surface area contributed by atoms with Gasteiger partial charge in [-0.2, -0.15) is 0 Å². The second kappa shape index (κ2) is 8.58. The Morgan fingerprint density at radius 1 is 1.23 bits per heavy atom. The highest BCUT2D eigenvalue weighted by Gasteiger charge is 2.22. The minimum absolute atomic E-state index is 0.187. The molecule has 1 fully saturated rings. The van der Waals surface area contributed by atoms with Crippen molar-refractivity contribution in [1.29, 1.82) is 0 Å². The first-order valence-corrected chi connectivity index (χ1v) is 9.85. The highest BCUT2D eigenvalue weighted by atomic mass is 16.5. The van der Waals surface area contributed by atoms with E-state index >= 15 is 0 Å². The average molecular weight is 409 g/mol. The second-order valence-corrected chi connectivity index (χ2v) is 7.33. The molecular weight excluding hydrogens is 386 g/mol. The molecule has 1 saturated heterocycles. The van der Waals surface area contributed by atoms with Gasteiger partial charge in [0.25, 0.3) is 0 Å². The number of hydrogen-bond donors (Lipinski definition) is 0. The molecule has 0 radical (unpaired) electrons. The molecule has 1 atom stereocenters. The minimum Gasteiger partial charge on any atom is -0.454 e. The fourth-order valence-corrected chi connectivity index (χ4v) is 3.68. The van der Waals surface area contributed by atoms with E-state index in [1.54, 1.807) is 24.3 Å². The van der Waals surface area contributed by atoms with Crippen LogP contribution in [0.2, 0.25) is 0 Å². The smallest absolute Gasteiger partial charge is 0.338 e. The average Bonchev–Trinajstić information content (AvgIpc) is 3.51. The number of ether oxygens (including phenoxy) is 2. The standard InChI is InChI=1S/C21H23N5O4/c1-14-10-19(15(2)25(14)11-18-4-3-9-29-18)20(27)12-30-21(28)16-5-7-17(8-6-16)26-13-22-23-24-26/h5-8,10,13,18H,3-4,9,11-12H2,1-2H3/t18-/m0/s1. The highest BCUT2D eigenvalue weighted by molar-refractivity contribution is 6.00. The molecule has 0 aliphatic carbocycles. The predicted molar refractivity (Wildman–Crippen MR) is 107 cm³/mol. The van der Waals surface area contributed by atoms with Crippen LogP contribution < -0.4 is 0 Å². The molecule has 156 valence electrons. The Morgan fingerprint density at radius 3 is 2.70 bits per heavy atom. The molecule has 0 bridgehead atoms. The zero-order valence-corrected chi connectivity index (χ0v) is 16.9. The van der Waals surface area contributed by atoms with Crippen molar-refractivity contribution in [2.24, 2.45) is 0 Å². The SMILES string of the molecule is Cc1cc(C(=O)COC(=O)c2ccc(-n3cnnn3)cc2)c(C)n1C[C@@H]1CCCO1. The number of carbonyl (C=O) groups is 2. The van der Waals surface area contributed by atoms with Gasteiger partial charge >= 0.3 is 5.97 Å². The van der Waals surface area contributed by atoms with Crippen LogP contribution in [0.25, 0.3) is 5.69 Å². The molecule has 0 spiro atoms. The van der Waals surface area contributed by atoms with Gasteiger partial charge in [0, 0.05) is 30.1 Å². The van der Waals surface area contributed by atoms with E-state index in [1.165, 1.54) is 11.0 Å². The summed E-state index contributed by atoms with van der Waals surface area (Å²) in [5.74, 6) is -0.778. The van der Waals surface area contributed by atoms with Gasteiger partial charge < -0.3 is 14.0 Å². The Labute approximate surface area is 173 Å². The molecule has 1 aliphatic heterocycles. The van der Waals surface area contributed by atoms with Crippen LogP contribution in [0.1, 0.15) is 44.9 Å². The summed E-state index contributed by atoms with van der Waals surface area (Å²) in [6, 6.07) is 8.47. The van der Waals surface area contributed by atoms with E-state index in [0.29, 0.717) is 16.8 Å². The quantitative estimate of drug-likeness (QED) is 0.436. The van der Waals surface area contributed by atoms with Crippen LogP contribution in [-0.2, 0) is 16.0 Å². The van der Waals surface area contributed by atoms with Crippen molar-refractivity contribution in [3.05, 3.63) is 59.2 Å². The molecule has 0 amide bonds. The van der Waals surface area contributed by atoms with E-state index in [0.717, 1.165) is 37.4 Å². The molecule has 3 heterocycles. The van der Waals surface area contributed by atoms with Crippen molar-refractivity contribution in [2.45, 2.75) is 39.3 Å². The van der Waals surface area contributed by atoms with Gasteiger partial charge in [0.15, 0.2) is 6.61 Å². The van der Waals surface area contributed by atoms with Crippen molar-refractivity contribution in [3.8, 4) is 5.69 Å². The van der Waals surface area contributed by atoms with Crippen LogP contribution in [0.15, 0.2) is 36.7 Å². The van der Waals surface area contributed by atoms with Crippen molar-refractivity contribution in [1.82, 2.24) is 24.8 Å². The van der Waals surface area contributed by atoms with Crippen molar-refractivity contribution in [2.75, 3.05) is 13.2 Å². The van der Waals surface area contributed by atoms with Gasteiger partial charge in [-0.3, -0.25) is 4.79 Å². The Balaban J connectivity index is 1.37. The van der Waals surface area contributed by atoms with E-state index < -0.39 is 5.97 Å². The van der Waals surface area contributed by atoms with Crippen molar-refractivity contribution >= 4 is 11.8 Å². The number of nitrogens with zero attached hydrogens (tertiary/aromatic N) is 5. The van der Waals surface area contributed by atoms with E-state index in [9.17, 15) is 9.59 Å². The third kappa shape index (κ3) is 4.16. The summed E-state index contributed by atoms with van der Waals surface area (Å²) in [5.41, 5.74) is 3.51. The number of aryl methyl sites for hydroxylation is 1. The number of aromatic nitrogens is 5. The fraction of sp³-hybridized carbons (Fsp3) is 0.381. The molecule has 0 N–H and O–H groups in total. The normalized spacial score (nSPS) is 16.0. The number of esters is 1. The Hall–Kier alpha value is -3.33. The van der Waals surface area contributed by atoms with Gasteiger partial charge in [-0.05, 0) is 67.4 Å². The maximum Gasteiger partial charge on any atom is 0.338 e. The number of hydrogen-bond acceptors (Lipinski definition) is 7. The number of carbonyl (C=O) groups excluding carboxylic acids is 2. The first-order chi connectivity index (χ1) is 14.5. The number of benzene rings is 1. The zero-order chi connectivity index (χ0) is 21.1. The van der Waals surface area contributed by atoms with Crippen LogP contribution >= 0.6 is 0 Å². The first kappa shape index (κ1) is 20.0. The van der Waals surface area contributed by atoms with E-state index in [1.807, 2.05) is 19.9 Å². The molecule has 3 aromatic rings.